The Labute approximate surface area is 123 Å². The van der Waals surface area contributed by atoms with Crippen LogP contribution in [0, 0.1) is 0 Å². The number of hydrogen-bond donors (Lipinski definition) is 1. The summed E-state index contributed by atoms with van der Waals surface area (Å²) in [5.41, 5.74) is 1.15. The second-order valence-electron chi connectivity index (χ2n) is 4.23. The summed E-state index contributed by atoms with van der Waals surface area (Å²) < 4.78 is 6.14. The first-order valence-corrected chi connectivity index (χ1v) is 7.21. The zero-order chi connectivity index (χ0) is 14.3. The fourth-order valence-electron chi connectivity index (χ4n) is 1.80. The van der Waals surface area contributed by atoms with Crippen molar-refractivity contribution in [2.75, 3.05) is 26.7 Å². The van der Waals surface area contributed by atoms with E-state index in [-0.39, 0.29) is 5.91 Å². The van der Waals surface area contributed by atoms with Gasteiger partial charge in [0.2, 0.25) is 5.91 Å². The summed E-state index contributed by atoms with van der Waals surface area (Å²) in [4.78, 5) is 13.7. The molecule has 0 saturated heterocycles. The largest absolute Gasteiger partial charge is 0.496 e. The van der Waals surface area contributed by atoms with Crippen LogP contribution in [-0.2, 0) is 11.3 Å². The van der Waals surface area contributed by atoms with Gasteiger partial charge in [-0.15, -0.1) is 0 Å². The molecule has 0 unspecified atom stereocenters. The molecular weight excluding hydrogens is 308 g/mol. The lowest BCUT2D eigenvalue weighted by Crippen LogP contribution is -2.36. The molecule has 0 spiro atoms. The normalized spacial score (nSPS) is 10.6. The molecule has 1 aromatic carbocycles. The number of benzene rings is 1. The first-order valence-electron chi connectivity index (χ1n) is 6.42. The SMILES string of the molecule is CCNC(=O)CN(CC)Cc1ccc(OC)c(Br)c1. The average molecular weight is 329 g/mol. The highest BCUT2D eigenvalue weighted by Crippen LogP contribution is 2.25. The summed E-state index contributed by atoms with van der Waals surface area (Å²) in [6, 6.07) is 5.97. The first-order chi connectivity index (χ1) is 9.10. The van der Waals surface area contributed by atoms with Crippen LogP contribution < -0.4 is 10.1 Å². The number of methoxy groups -OCH3 is 1. The van der Waals surface area contributed by atoms with E-state index < -0.39 is 0 Å². The number of halogens is 1. The molecule has 0 aromatic heterocycles. The number of ether oxygens (including phenoxy) is 1. The number of nitrogens with zero attached hydrogens (tertiary/aromatic N) is 1. The van der Waals surface area contributed by atoms with E-state index in [4.69, 9.17) is 4.74 Å². The van der Waals surface area contributed by atoms with E-state index in [0.717, 1.165) is 28.9 Å². The highest BCUT2D eigenvalue weighted by molar-refractivity contribution is 9.10. The Kier molecular flexibility index (Phi) is 6.87. The van der Waals surface area contributed by atoms with Crippen molar-refractivity contribution < 1.29 is 9.53 Å². The molecule has 1 rings (SSSR count). The summed E-state index contributed by atoms with van der Waals surface area (Å²) in [6.07, 6.45) is 0. The van der Waals surface area contributed by atoms with Gasteiger partial charge >= 0.3 is 0 Å². The van der Waals surface area contributed by atoms with Gasteiger partial charge in [0, 0.05) is 13.1 Å². The summed E-state index contributed by atoms with van der Waals surface area (Å²) in [5, 5.41) is 2.82. The number of carbonyl (C=O) groups is 1. The van der Waals surface area contributed by atoms with Crippen molar-refractivity contribution >= 4 is 21.8 Å². The standard InChI is InChI=1S/C14H21BrN2O2/c1-4-16-14(18)10-17(5-2)9-11-6-7-13(19-3)12(15)8-11/h6-8H,4-5,9-10H2,1-3H3,(H,16,18). The molecular formula is C14H21BrN2O2. The summed E-state index contributed by atoms with van der Waals surface area (Å²) in [7, 11) is 1.65. The van der Waals surface area contributed by atoms with Gasteiger partial charge in [0.15, 0.2) is 0 Å². The third kappa shape index (κ3) is 5.20. The predicted octanol–water partition coefficient (Wildman–Crippen LogP) is 2.42. The molecule has 0 fully saturated rings. The van der Waals surface area contributed by atoms with E-state index >= 15 is 0 Å². The fraction of sp³-hybridized carbons (Fsp3) is 0.500. The first kappa shape index (κ1) is 16.0. The molecule has 0 aliphatic heterocycles. The molecule has 0 aliphatic carbocycles. The molecule has 1 aromatic rings. The van der Waals surface area contributed by atoms with Crippen LogP contribution in [0.25, 0.3) is 0 Å². The topological polar surface area (TPSA) is 41.6 Å². The van der Waals surface area contributed by atoms with Crippen LogP contribution in [0.3, 0.4) is 0 Å². The minimum absolute atomic E-state index is 0.0666. The lowest BCUT2D eigenvalue weighted by Gasteiger charge is -2.20. The van der Waals surface area contributed by atoms with Crippen molar-refractivity contribution in [3.63, 3.8) is 0 Å². The van der Waals surface area contributed by atoms with Crippen molar-refractivity contribution in [2.45, 2.75) is 20.4 Å². The Balaban J connectivity index is 2.65. The fourth-order valence-corrected chi connectivity index (χ4v) is 2.39. The molecule has 0 radical (unpaired) electrons. The molecule has 19 heavy (non-hydrogen) atoms. The molecule has 5 heteroatoms. The summed E-state index contributed by atoms with van der Waals surface area (Å²) >= 11 is 3.47. The van der Waals surface area contributed by atoms with E-state index in [1.54, 1.807) is 7.11 Å². The maximum Gasteiger partial charge on any atom is 0.234 e. The lowest BCUT2D eigenvalue weighted by atomic mass is 10.2. The molecule has 0 saturated carbocycles. The van der Waals surface area contributed by atoms with Gasteiger partial charge in [0.25, 0.3) is 0 Å². The Morgan fingerprint density at radius 3 is 2.68 bits per heavy atom. The Hall–Kier alpha value is -1.07. The zero-order valence-electron chi connectivity index (χ0n) is 11.7. The maximum absolute atomic E-state index is 11.6. The minimum Gasteiger partial charge on any atom is -0.496 e. The number of carbonyl (C=O) groups excluding carboxylic acids is 1. The van der Waals surface area contributed by atoms with E-state index in [9.17, 15) is 4.79 Å². The Bertz CT molecular complexity index is 424. The Morgan fingerprint density at radius 2 is 2.16 bits per heavy atom. The van der Waals surface area contributed by atoms with Crippen molar-refractivity contribution in [2.24, 2.45) is 0 Å². The molecule has 0 atom stereocenters. The van der Waals surface area contributed by atoms with Crippen molar-refractivity contribution in [3.05, 3.63) is 28.2 Å². The number of hydrogen-bond acceptors (Lipinski definition) is 3. The molecule has 0 heterocycles. The van der Waals surface area contributed by atoms with Crippen LogP contribution in [0.4, 0.5) is 0 Å². The molecule has 4 nitrogen and oxygen atoms in total. The third-order valence-corrected chi connectivity index (χ3v) is 3.43. The van der Waals surface area contributed by atoms with Crippen molar-refractivity contribution in [1.29, 1.82) is 0 Å². The van der Waals surface area contributed by atoms with Gasteiger partial charge in [-0.2, -0.15) is 0 Å². The van der Waals surface area contributed by atoms with Crippen molar-refractivity contribution in [3.8, 4) is 5.75 Å². The van der Waals surface area contributed by atoms with Gasteiger partial charge in [0.1, 0.15) is 5.75 Å². The Morgan fingerprint density at radius 1 is 1.42 bits per heavy atom. The van der Waals surface area contributed by atoms with Gasteiger partial charge in [0.05, 0.1) is 18.1 Å². The van der Waals surface area contributed by atoms with Gasteiger partial charge in [-0.3, -0.25) is 9.69 Å². The second-order valence-corrected chi connectivity index (χ2v) is 5.08. The highest BCUT2D eigenvalue weighted by Gasteiger charge is 2.10. The van der Waals surface area contributed by atoms with Crippen LogP contribution in [0.15, 0.2) is 22.7 Å². The van der Waals surface area contributed by atoms with Crippen LogP contribution >= 0.6 is 15.9 Å². The van der Waals surface area contributed by atoms with Gasteiger partial charge in [-0.1, -0.05) is 13.0 Å². The molecule has 106 valence electrons. The molecule has 0 bridgehead atoms. The van der Waals surface area contributed by atoms with Crippen LogP contribution in [0.1, 0.15) is 19.4 Å². The number of nitrogens with one attached hydrogen (secondary N) is 1. The number of likely N-dealkylation sites (N-methyl/N-ethyl adjacent to an activating group) is 2. The third-order valence-electron chi connectivity index (χ3n) is 2.81. The summed E-state index contributed by atoms with van der Waals surface area (Å²) in [6.45, 7) is 6.65. The lowest BCUT2D eigenvalue weighted by molar-refractivity contribution is -0.122. The van der Waals surface area contributed by atoms with Gasteiger partial charge < -0.3 is 10.1 Å². The highest BCUT2D eigenvalue weighted by atomic mass is 79.9. The molecule has 1 amide bonds. The van der Waals surface area contributed by atoms with E-state index in [1.165, 1.54) is 0 Å². The zero-order valence-corrected chi connectivity index (χ0v) is 13.3. The van der Waals surface area contributed by atoms with Crippen LogP contribution in [-0.4, -0.2) is 37.6 Å². The van der Waals surface area contributed by atoms with Gasteiger partial charge in [-0.25, -0.2) is 0 Å². The van der Waals surface area contributed by atoms with Gasteiger partial charge in [-0.05, 0) is 47.1 Å². The maximum atomic E-state index is 11.6. The van der Waals surface area contributed by atoms with E-state index in [0.29, 0.717) is 13.1 Å². The molecule has 1 N–H and O–H groups in total. The van der Waals surface area contributed by atoms with Crippen LogP contribution in [0.2, 0.25) is 0 Å². The number of rotatable bonds is 7. The minimum atomic E-state index is 0.0666. The van der Waals surface area contributed by atoms with Crippen LogP contribution in [0.5, 0.6) is 5.75 Å². The van der Waals surface area contributed by atoms with E-state index in [2.05, 4.69) is 33.1 Å². The monoisotopic (exact) mass is 328 g/mol. The molecule has 0 aliphatic rings. The quantitative estimate of drug-likeness (QED) is 0.835. The average Bonchev–Trinajstić information content (AvgIpc) is 2.38. The van der Waals surface area contributed by atoms with E-state index in [1.807, 2.05) is 25.1 Å². The number of amides is 1. The second kappa shape index (κ2) is 8.17. The predicted molar refractivity (Wildman–Crippen MR) is 80.3 cm³/mol. The summed E-state index contributed by atoms with van der Waals surface area (Å²) in [5.74, 6) is 0.882. The smallest absolute Gasteiger partial charge is 0.234 e. The van der Waals surface area contributed by atoms with Crippen molar-refractivity contribution in [1.82, 2.24) is 10.2 Å².